The molecule has 1 heterocycles. The molecule has 21 heavy (non-hydrogen) atoms. The lowest BCUT2D eigenvalue weighted by Crippen LogP contribution is -2.35. The van der Waals surface area contributed by atoms with Crippen LogP contribution in [0.2, 0.25) is 0 Å². The SMILES string of the molecule is c1ccc(COc2cccc(CC3CCCCN3)c2)cc1. The van der Waals surface area contributed by atoms with Gasteiger partial charge in [-0.15, -0.1) is 0 Å². The van der Waals surface area contributed by atoms with Crippen molar-refractivity contribution in [1.29, 1.82) is 0 Å². The van der Waals surface area contributed by atoms with Crippen LogP contribution < -0.4 is 10.1 Å². The number of piperidine rings is 1. The molecule has 2 heteroatoms. The Morgan fingerprint density at radius 3 is 2.62 bits per heavy atom. The Labute approximate surface area is 127 Å². The molecule has 110 valence electrons. The molecular formula is C19H23NO. The van der Waals surface area contributed by atoms with Crippen LogP contribution in [-0.2, 0) is 13.0 Å². The zero-order valence-corrected chi connectivity index (χ0v) is 12.4. The molecule has 1 aliphatic rings. The number of hydrogen-bond donors (Lipinski definition) is 1. The van der Waals surface area contributed by atoms with E-state index in [1.165, 1.54) is 30.4 Å². The van der Waals surface area contributed by atoms with Crippen LogP contribution in [0.25, 0.3) is 0 Å². The largest absolute Gasteiger partial charge is 0.489 e. The van der Waals surface area contributed by atoms with Crippen molar-refractivity contribution in [3.05, 3.63) is 65.7 Å². The summed E-state index contributed by atoms with van der Waals surface area (Å²) >= 11 is 0. The van der Waals surface area contributed by atoms with Crippen LogP contribution in [0, 0.1) is 0 Å². The smallest absolute Gasteiger partial charge is 0.120 e. The quantitative estimate of drug-likeness (QED) is 0.896. The summed E-state index contributed by atoms with van der Waals surface area (Å²) in [4.78, 5) is 0. The first-order valence-electron chi connectivity index (χ1n) is 7.89. The lowest BCUT2D eigenvalue weighted by atomic mass is 9.98. The van der Waals surface area contributed by atoms with Crippen LogP contribution >= 0.6 is 0 Å². The standard InChI is InChI=1S/C19H23NO/c1-2-7-16(8-3-1)15-21-19-11-6-9-17(14-19)13-18-10-4-5-12-20-18/h1-3,6-9,11,14,18,20H,4-5,10,12-13,15H2. The Hall–Kier alpha value is -1.80. The maximum atomic E-state index is 5.90. The van der Waals surface area contributed by atoms with E-state index in [1.54, 1.807) is 0 Å². The van der Waals surface area contributed by atoms with E-state index in [2.05, 4.69) is 35.6 Å². The van der Waals surface area contributed by atoms with Gasteiger partial charge >= 0.3 is 0 Å². The molecule has 0 saturated carbocycles. The van der Waals surface area contributed by atoms with Crippen molar-refractivity contribution < 1.29 is 4.74 Å². The van der Waals surface area contributed by atoms with Gasteiger partial charge in [-0.25, -0.2) is 0 Å². The number of hydrogen-bond acceptors (Lipinski definition) is 2. The average molecular weight is 281 g/mol. The van der Waals surface area contributed by atoms with Gasteiger partial charge in [0.25, 0.3) is 0 Å². The Morgan fingerprint density at radius 1 is 0.952 bits per heavy atom. The van der Waals surface area contributed by atoms with Crippen LogP contribution in [-0.4, -0.2) is 12.6 Å². The van der Waals surface area contributed by atoms with E-state index in [-0.39, 0.29) is 0 Å². The molecule has 3 rings (SSSR count). The fourth-order valence-electron chi connectivity index (χ4n) is 2.89. The third-order valence-corrected chi connectivity index (χ3v) is 4.04. The molecule has 1 unspecified atom stereocenters. The highest BCUT2D eigenvalue weighted by Crippen LogP contribution is 2.18. The molecule has 1 saturated heterocycles. The number of benzene rings is 2. The van der Waals surface area contributed by atoms with Gasteiger partial charge in [-0.1, -0.05) is 48.9 Å². The zero-order chi connectivity index (χ0) is 14.3. The molecule has 2 aromatic rings. The first-order valence-corrected chi connectivity index (χ1v) is 7.89. The second-order valence-electron chi connectivity index (χ2n) is 5.77. The van der Waals surface area contributed by atoms with Gasteiger partial charge in [0.15, 0.2) is 0 Å². The highest BCUT2D eigenvalue weighted by molar-refractivity contribution is 5.29. The third-order valence-electron chi connectivity index (χ3n) is 4.04. The minimum absolute atomic E-state index is 0.628. The summed E-state index contributed by atoms with van der Waals surface area (Å²) in [6, 6.07) is 19.5. The number of ether oxygens (including phenoxy) is 1. The molecule has 0 aromatic heterocycles. The predicted molar refractivity (Wildman–Crippen MR) is 86.6 cm³/mol. The second-order valence-corrected chi connectivity index (χ2v) is 5.77. The van der Waals surface area contributed by atoms with Crippen molar-refractivity contribution in [2.75, 3.05) is 6.54 Å². The van der Waals surface area contributed by atoms with E-state index in [1.807, 2.05) is 24.3 Å². The summed E-state index contributed by atoms with van der Waals surface area (Å²) in [5.74, 6) is 0.965. The van der Waals surface area contributed by atoms with Gasteiger partial charge in [0.05, 0.1) is 0 Å². The molecule has 1 fully saturated rings. The van der Waals surface area contributed by atoms with Gasteiger partial charge in [0.2, 0.25) is 0 Å². The van der Waals surface area contributed by atoms with Gasteiger partial charge in [-0.2, -0.15) is 0 Å². The molecule has 0 bridgehead atoms. The fourth-order valence-corrected chi connectivity index (χ4v) is 2.89. The second kappa shape index (κ2) is 7.28. The van der Waals surface area contributed by atoms with E-state index < -0.39 is 0 Å². The van der Waals surface area contributed by atoms with Crippen molar-refractivity contribution in [3.8, 4) is 5.75 Å². The van der Waals surface area contributed by atoms with Crippen LogP contribution in [0.1, 0.15) is 30.4 Å². The summed E-state index contributed by atoms with van der Waals surface area (Å²) in [6.07, 6.45) is 5.05. The molecular weight excluding hydrogens is 258 g/mol. The first kappa shape index (κ1) is 14.2. The monoisotopic (exact) mass is 281 g/mol. The van der Waals surface area contributed by atoms with Crippen LogP contribution in [0.5, 0.6) is 5.75 Å². The van der Waals surface area contributed by atoms with Crippen molar-refractivity contribution >= 4 is 0 Å². The topological polar surface area (TPSA) is 21.3 Å². The van der Waals surface area contributed by atoms with Gasteiger partial charge in [0, 0.05) is 6.04 Å². The summed E-state index contributed by atoms with van der Waals surface area (Å²) < 4.78 is 5.90. The molecule has 2 aromatic carbocycles. The Bertz CT molecular complexity index is 547. The van der Waals surface area contributed by atoms with Crippen molar-refractivity contribution in [3.63, 3.8) is 0 Å². The fraction of sp³-hybridized carbons (Fsp3) is 0.368. The van der Waals surface area contributed by atoms with E-state index in [0.717, 1.165) is 18.7 Å². The third kappa shape index (κ3) is 4.33. The highest BCUT2D eigenvalue weighted by Gasteiger charge is 2.13. The minimum Gasteiger partial charge on any atom is -0.489 e. The highest BCUT2D eigenvalue weighted by atomic mass is 16.5. The normalized spacial score (nSPS) is 18.4. The van der Waals surface area contributed by atoms with Crippen molar-refractivity contribution in [2.45, 2.75) is 38.3 Å². The summed E-state index contributed by atoms with van der Waals surface area (Å²) in [6.45, 7) is 1.79. The van der Waals surface area contributed by atoms with E-state index >= 15 is 0 Å². The van der Waals surface area contributed by atoms with E-state index in [4.69, 9.17) is 4.74 Å². The predicted octanol–water partition coefficient (Wildman–Crippen LogP) is 3.95. The van der Waals surface area contributed by atoms with Gasteiger partial charge < -0.3 is 10.1 Å². The van der Waals surface area contributed by atoms with E-state index in [0.29, 0.717) is 12.6 Å². The molecule has 0 spiro atoms. The Kier molecular flexibility index (Phi) is 4.90. The zero-order valence-electron chi connectivity index (χ0n) is 12.4. The Balaban J connectivity index is 1.57. The molecule has 0 aliphatic carbocycles. The summed E-state index contributed by atoms with van der Waals surface area (Å²) in [5.41, 5.74) is 2.57. The van der Waals surface area contributed by atoms with Crippen LogP contribution in [0.3, 0.4) is 0 Å². The molecule has 1 N–H and O–H groups in total. The number of nitrogens with one attached hydrogen (secondary N) is 1. The maximum absolute atomic E-state index is 5.90. The van der Waals surface area contributed by atoms with E-state index in [9.17, 15) is 0 Å². The van der Waals surface area contributed by atoms with Gasteiger partial charge in [-0.05, 0) is 49.1 Å². The maximum Gasteiger partial charge on any atom is 0.120 e. The molecule has 0 amide bonds. The molecule has 1 atom stereocenters. The minimum atomic E-state index is 0.628. The lowest BCUT2D eigenvalue weighted by molar-refractivity contribution is 0.305. The summed E-state index contributed by atoms with van der Waals surface area (Å²) in [7, 11) is 0. The van der Waals surface area contributed by atoms with Gasteiger partial charge in [-0.3, -0.25) is 0 Å². The molecule has 2 nitrogen and oxygen atoms in total. The molecule has 0 radical (unpaired) electrons. The Morgan fingerprint density at radius 2 is 1.81 bits per heavy atom. The summed E-state index contributed by atoms with van der Waals surface area (Å²) in [5, 5.41) is 3.60. The van der Waals surface area contributed by atoms with Gasteiger partial charge in [0.1, 0.15) is 12.4 Å². The van der Waals surface area contributed by atoms with Crippen LogP contribution in [0.4, 0.5) is 0 Å². The molecule has 1 aliphatic heterocycles. The van der Waals surface area contributed by atoms with Crippen LogP contribution in [0.15, 0.2) is 54.6 Å². The lowest BCUT2D eigenvalue weighted by Gasteiger charge is -2.23. The number of rotatable bonds is 5. The van der Waals surface area contributed by atoms with Crippen molar-refractivity contribution in [1.82, 2.24) is 5.32 Å². The average Bonchev–Trinajstić information content (AvgIpc) is 2.55. The first-order chi connectivity index (χ1) is 10.4. The van der Waals surface area contributed by atoms with Crippen molar-refractivity contribution in [2.24, 2.45) is 0 Å².